The molecule has 1 amide bonds. The van der Waals surface area contributed by atoms with Crippen LogP contribution in [-0.2, 0) is 11.2 Å². The summed E-state index contributed by atoms with van der Waals surface area (Å²) in [6, 6.07) is 3.75. The molecular formula is C16H21F2NO2. The van der Waals surface area contributed by atoms with E-state index in [-0.39, 0.29) is 36.5 Å². The summed E-state index contributed by atoms with van der Waals surface area (Å²) in [6.45, 7) is 0.0409. The molecule has 3 nitrogen and oxygen atoms in total. The number of carbonyl (C=O) groups excluding carboxylic acids is 1. The highest BCUT2D eigenvalue weighted by atomic mass is 19.2. The fourth-order valence-electron chi connectivity index (χ4n) is 2.91. The van der Waals surface area contributed by atoms with Crippen molar-refractivity contribution in [3.8, 4) is 0 Å². The minimum absolute atomic E-state index is 0.0409. The van der Waals surface area contributed by atoms with Crippen molar-refractivity contribution in [2.75, 3.05) is 6.61 Å². The van der Waals surface area contributed by atoms with E-state index in [0.29, 0.717) is 0 Å². The van der Waals surface area contributed by atoms with Crippen LogP contribution in [0, 0.1) is 17.6 Å². The standard InChI is InChI=1S/C16H21F2NO2/c17-13-7-4-6-11(16(13)18)9-15(21)19-14-8-3-1-2-5-12(14)10-20/h4,6-7,12,14,20H,1-3,5,8-10H2,(H,19,21). The topological polar surface area (TPSA) is 49.3 Å². The van der Waals surface area contributed by atoms with Crippen molar-refractivity contribution in [3.63, 3.8) is 0 Å². The lowest BCUT2D eigenvalue weighted by Gasteiger charge is -2.24. The van der Waals surface area contributed by atoms with Gasteiger partial charge in [0.15, 0.2) is 11.6 Å². The van der Waals surface area contributed by atoms with E-state index >= 15 is 0 Å². The van der Waals surface area contributed by atoms with Gasteiger partial charge in [-0.15, -0.1) is 0 Å². The molecule has 0 radical (unpaired) electrons. The van der Waals surface area contributed by atoms with Crippen LogP contribution in [0.1, 0.15) is 37.7 Å². The van der Waals surface area contributed by atoms with Crippen molar-refractivity contribution < 1.29 is 18.7 Å². The Labute approximate surface area is 123 Å². The van der Waals surface area contributed by atoms with Gasteiger partial charge in [-0.2, -0.15) is 0 Å². The van der Waals surface area contributed by atoms with Crippen LogP contribution in [0.2, 0.25) is 0 Å². The Bertz CT molecular complexity index is 493. The summed E-state index contributed by atoms with van der Waals surface area (Å²) in [5.41, 5.74) is 0.0571. The molecule has 21 heavy (non-hydrogen) atoms. The zero-order valence-electron chi connectivity index (χ0n) is 11.9. The molecule has 2 N–H and O–H groups in total. The molecule has 2 rings (SSSR count). The van der Waals surface area contributed by atoms with Gasteiger partial charge in [-0.25, -0.2) is 8.78 Å². The predicted molar refractivity (Wildman–Crippen MR) is 75.7 cm³/mol. The van der Waals surface area contributed by atoms with Crippen LogP contribution < -0.4 is 5.32 Å². The number of carbonyl (C=O) groups is 1. The largest absolute Gasteiger partial charge is 0.396 e. The summed E-state index contributed by atoms with van der Waals surface area (Å²) < 4.78 is 26.7. The van der Waals surface area contributed by atoms with Crippen molar-refractivity contribution in [1.29, 1.82) is 0 Å². The molecule has 1 aliphatic rings. The second-order valence-corrected chi connectivity index (χ2v) is 5.64. The minimum Gasteiger partial charge on any atom is -0.396 e. The minimum atomic E-state index is -0.966. The first kappa shape index (κ1) is 15.9. The Morgan fingerprint density at radius 1 is 1.24 bits per heavy atom. The highest BCUT2D eigenvalue weighted by molar-refractivity contribution is 5.79. The first-order chi connectivity index (χ1) is 10.1. The average molecular weight is 297 g/mol. The Balaban J connectivity index is 1.98. The number of hydrogen-bond acceptors (Lipinski definition) is 2. The maximum Gasteiger partial charge on any atom is 0.224 e. The van der Waals surface area contributed by atoms with E-state index in [1.54, 1.807) is 0 Å². The van der Waals surface area contributed by atoms with E-state index in [1.165, 1.54) is 12.1 Å². The van der Waals surface area contributed by atoms with E-state index in [2.05, 4.69) is 5.32 Å². The summed E-state index contributed by atoms with van der Waals surface area (Å²) in [7, 11) is 0. The molecule has 2 unspecified atom stereocenters. The van der Waals surface area contributed by atoms with E-state index in [4.69, 9.17) is 0 Å². The van der Waals surface area contributed by atoms with Crippen LogP contribution >= 0.6 is 0 Å². The number of amides is 1. The Kier molecular flexibility index (Phi) is 5.67. The molecule has 1 aromatic carbocycles. The van der Waals surface area contributed by atoms with Gasteiger partial charge < -0.3 is 10.4 Å². The zero-order valence-corrected chi connectivity index (χ0v) is 11.9. The molecule has 1 fully saturated rings. The molecule has 1 aromatic rings. The van der Waals surface area contributed by atoms with Crippen LogP contribution in [0.3, 0.4) is 0 Å². The summed E-state index contributed by atoms with van der Waals surface area (Å²) >= 11 is 0. The van der Waals surface area contributed by atoms with Gasteiger partial charge in [-0.05, 0) is 18.9 Å². The quantitative estimate of drug-likeness (QED) is 0.839. The Morgan fingerprint density at radius 3 is 2.76 bits per heavy atom. The van der Waals surface area contributed by atoms with Crippen molar-refractivity contribution in [3.05, 3.63) is 35.4 Å². The number of aliphatic hydroxyl groups excluding tert-OH is 1. The second-order valence-electron chi connectivity index (χ2n) is 5.64. The van der Waals surface area contributed by atoms with E-state index in [1.807, 2.05) is 0 Å². The second kappa shape index (κ2) is 7.50. The molecule has 0 saturated heterocycles. The molecule has 116 valence electrons. The third kappa shape index (κ3) is 4.24. The highest BCUT2D eigenvalue weighted by Gasteiger charge is 2.25. The number of hydrogen-bond donors (Lipinski definition) is 2. The molecule has 0 heterocycles. The fraction of sp³-hybridized carbons (Fsp3) is 0.562. The Hall–Kier alpha value is -1.49. The Morgan fingerprint density at radius 2 is 2.00 bits per heavy atom. The normalized spacial score (nSPS) is 22.6. The van der Waals surface area contributed by atoms with Crippen LogP contribution in [0.5, 0.6) is 0 Å². The van der Waals surface area contributed by atoms with Gasteiger partial charge in [0.25, 0.3) is 0 Å². The molecule has 1 saturated carbocycles. The summed E-state index contributed by atoms with van der Waals surface area (Å²) in [5, 5.41) is 12.3. The maximum atomic E-state index is 13.6. The van der Waals surface area contributed by atoms with Crippen LogP contribution in [-0.4, -0.2) is 23.7 Å². The summed E-state index contributed by atoms with van der Waals surface area (Å²) in [6.07, 6.45) is 4.68. The number of nitrogens with one attached hydrogen (secondary N) is 1. The molecule has 0 bridgehead atoms. The van der Waals surface area contributed by atoms with Crippen LogP contribution in [0.25, 0.3) is 0 Å². The third-order valence-corrected chi connectivity index (χ3v) is 4.12. The zero-order chi connectivity index (χ0) is 15.2. The predicted octanol–water partition coefficient (Wildman–Crippen LogP) is 2.56. The SMILES string of the molecule is O=C(Cc1cccc(F)c1F)NC1CCCCCC1CO. The summed E-state index contributed by atoms with van der Waals surface area (Å²) in [5.74, 6) is -2.19. The lowest BCUT2D eigenvalue weighted by Crippen LogP contribution is -2.41. The molecule has 2 atom stereocenters. The number of benzene rings is 1. The van der Waals surface area contributed by atoms with Crippen molar-refractivity contribution in [1.82, 2.24) is 5.32 Å². The van der Waals surface area contributed by atoms with E-state index in [9.17, 15) is 18.7 Å². The van der Waals surface area contributed by atoms with E-state index in [0.717, 1.165) is 38.2 Å². The van der Waals surface area contributed by atoms with Crippen molar-refractivity contribution in [2.24, 2.45) is 5.92 Å². The molecule has 5 heteroatoms. The van der Waals surface area contributed by atoms with Gasteiger partial charge >= 0.3 is 0 Å². The monoisotopic (exact) mass is 297 g/mol. The van der Waals surface area contributed by atoms with Crippen LogP contribution in [0.4, 0.5) is 8.78 Å². The molecule has 0 spiro atoms. The smallest absolute Gasteiger partial charge is 0.224 e. The lowest BCUT2D eigenvalue weighted by atomic mass is 9.95. The summed E-state index contributed by atoms with van der Waals surface area (Å²) in [4.78, 5) is 12.0. The number of halogens is 2. The first-order valence-corrected chi connectivity index (χ1v) is 7.45. The molecule has 0 aromatic heterocycles. The van der Waals surface area contributed by atoms with Gasteiger partial charge in [0.2, 0.25) is 5.91 Å². The third-order valence-electron chi connectivity index (χ3n) is 4.12. The number of aliphatic hydroxyl groups is 1. The first-order valence-electron chi connectivity index (χ1n) is 7.45. The maximum absolute atomic E-state index is 13.6. The lowest BCUT2D eigenvalue weighted by molar-refractivity contribution is -0.121. The molecule has 1 aliphatic carbocycles. The van der Waals surface area contributed by atoms with E-state index < -0.39 is 11.6 Å². The molecule has 0 aliphatic heterocycles. The van der Waals surface area contributed by atoms with Crippen LogP contribution in [0.15, 0.2) is 18.2 Å². The number of rotatable bonds is 4. The van der Waals surface area contributed by atoms with Gasteiger partial charge in [-0.1, -0.05) is 31.4 Å². The van der Waals surface area contributed by atoms with Gasteiger partial charge in [-0.3, -0.25) is 4.79 Å². The highest BCUT2D eigenvalue weighted by Crippen LogP contribution is 2.23. The van der Waals surface area contributed by atoms with Gasteiger partial charge in [0.1, 0.15) is 0 Å². The average Bonchev–Trinajstić information content (AvgIpc) is 2.69. The van der Waals surface area contributed by atoms with Crippen molar-refractivity contribution >= 4 is 5.91 Å². The molecular weight excluding hydrogens is 276 g/mol. The van der Waals surface area contributed by atoms with Crippen molar-refractivity contribution in [2.45, 2.75) is 44.6 Å². The van der Waals surface area contributed by atoms with Gasteiger partial charge in [0, 0.05) is 24.1 Å². The fourth-order valence-corrected chi connectivity index (χ4v) is 2.91. The van der Waals surface area contributed by atoms with Gasteiger partial charge in [0.05, 0.1) is 6.42 Å².